The van der Waals surface area contributed by atoms with E-state index in [1.54, 1.807) is 20.8 Å². The number of alkyl carbamates (subject to hydrolysis) is 1. The number of methoxy groups -OCH3 is 1. The molecule has 0 aromatic rings. The third-order valence-electron chi connectivity index (χ3n) is 4.76. The van der Waals surface area contributed by atoms with E-state index in [-0.39, 0.29) is 30.3 Å². The second-order valence-electron chi connectivity index (χ2n) is 9.26. The van der Waals surface area contributed by atoms with Crippen molar-refractivity contribution in [1.29, 1.82) is 0 Å². The minimum absolute atomic E-state index is 0.120. The van der Waals surface area contributed by atoms with Crippen LogP contribution in [0.5, 0.6) is 0 Å². The highest BCUT2D eigenvalue weighted by atomic mass is 16.6. The summed E-state index contributed by atoms with van der Waals surface area (Å²) in [6.07, 6.45) is 8.31. The van der Waals surface area contributed by atoms with E-state index in [0.717, 1.165) is 19.3 Å². The van der Waals surface area contributed by atoms with Gasteiger partial charge in [0.2, 0.25) is 5.91 Å². The van der Waals surface area contributed by atoms with Crippen LogP contribution >= 0.6 is 0 Å². The first kappa shape index (κ1) is 28.2. The first-order chi connectivity index (χ1) is 14.0. The van der Waals surface area contributed by atoms with Crippen LogP contribution in [0.2, 0.25) is 0 Å². The maximum Gasteiger partial charge on any atom is 0.408 e. The lowest BCUT2D eigenvalue weighted by Crippen LogP contribution is -2.53. The molecule has 2 atom stereocenters. The molecule has 0 aliphatic rings. The largest absolute Gasteiger partial charge is 0.469 e. The smallest absolute Gasteiger partial charge is 0.408 e. The van der Waals surface area contributed by atoms with Gasteiger partial charge in [-0.15, -0.1) is 0 Å². The van der Waals surface area contributed by atoms with Crippen molar-refractivity contribution >= 4 is 18.0 Å². The summed E-state index contributed by atoms with van der Waals surface area (Å²) in [6, 6.07) is -1.06. The van der Waals surface area contributed by atoms with Gasteiger partial charge in [0.25, 0.3) is 0 Å². The van der Waals surface area contributed by atoms with E-state index in [9.17, 15) is 14.4 Å². The minimum atomic E-state index is -0.742. The summed E-state index contributed by atoms with van der Waals surface area (Å²) >= 11 is 0. The Balaban J connectivity index is 4.79. The zero-order chi connectivity index (χ0) is 23.2. The SMILES string of the molecule is CCCCCCCCC[C@H](CC(=O)OC)NC(=O)[C@@H](NC(=O)OC(C)(C)C)C(C)C. The highest BCUT2D eigenvalue weighted by Crippen LogP contribution is 2.13. The molecule has 0 bridgehead atoms. The van der Waals surface area contributed by atoms with Crippen molar-refractivity contribution < 1.29 is 23.9 Å². The Kier molecular flexibility index (Phi) is 14.2. The van der Waals surface area contributed by atoms with Gasteiger partial charge < -0.3 is 20.1 Å². The van der Waals surface area contributed by atoms with Gasteiger partial charge in [-0.05, 0) is 33.1 Å². The number of hydrogen-bond donors (Lipinski definition) is 2. The molecule has 176 valence electrons. The molecule has 0 aliphatic heterocycles. The topological polar surface area (TPSA) is 93.7 Å². The molecule has 0 saturated heterocycles. The van der Waals surface area contributed by atoms with Crippen LogP contribution in [-0.4, -0.2) is 42.8 Å². The number of carbonyl (C=O) groups excluding carboxylic acids is 3. The zero-order valence-electron chi connectivity index (χ0n) is 20.1. The molecule has 0 unspecified atom stereocenters. The quantitative estimate of drug-likeness (QED) is 0.308. The van der Waals surface area contributed by atoms with Gasteiger partial charge in [-0.2, -0.15) is 0 Å². The second-order valence-corrected chi connectivity index (χ2v) is 9.26. The lowest BCUT2D eigenvalue weighted by atomic mass is 10.0. The van der Waals surface area contributed by atoms with Gasteiger partial charge in [0.15, 0.2) is 0 Å². The highest BCUT2D eigenvalue weighted by molar-refractivity contribution is 5.86. The zero-order valence-corrected chi connectivity index (χ0v) is 20.1. The molecule has 0 spiro atoms. The Morgan fingerprint density at radius 1 is 0.900 bits per heavy atom. The molecule has 0 saturated carbocycles. The molecule has 30 heavy (non-hydrogen) atoms. The van der Waals surface area contributed by atoms with E-state index in [1.807, 2.05) is 13.8 Å². The molecule has 7 nitrogen and oxygen atoms in total. The second kappa shape index (κ2) is 15.1. The third-order valence-corrected chi connectivity index (χ3v) is 4.76. The van der Waals surface area contributed by atoms with Crippen molar-refractivity contribution in [2.45, 2.75) is 117 Å². The van der Waals surface area contributed by atoms with E-state index in [4.69, 9.17) is 9.47 Å². The van der Waals surface area contributed by atoms with E-state index in [1.165, 1.54) is 32.8 Å². The minimum Gasteiger partial charge on any atom is -0.469 e. The van der Waals surface area contributed by atoms with Gasteiger partial charge in [0, 0.05) is 6.04 Å². The summed E-state index contributed by atoms with van der Waals surface area (Å²) in [5, 5.41) is 5.59. The Hall–Kier alpha value is -1.79. The number of nitrogens with one attached hydrogen (secondary N) is 2. The Bertz CT molecular complexity index is 514. The van der Waals surface area contributed by atoms with Crippen LogP contribution in [-0.2, 0) is 19.1 Å². The highest BCUT2D eigenvalue weighted by Gasteiger charge is 2.29. The third kappa shape index (κ3) is 14.2. The summed E-state index contributed by atoms with van der Waals surface area (Å²) in [4.78, 5) is 36.7. The van der Waals surface area contributed by atoms with Crippen molar-refractivity contribution in [1.82, 2.24) is 10.6 Å². The fourth-order valence-corrected chi connectivity index (χ4v) is 3.12. The summed E-state index contributed by atoms with van der Waals surface area (Å²) in [5.74, 6) is -0.799. The van der Waals surface area contributed by atoms with Crippen LogP contribution in [0.15, 0.2) is 0 Å². The fraction of sp³-hybridized carbons (Fsp3) is 0.870. The summed E-state index contributed by atoms with van der Waals surface area (Å²) in [7, 11) is 1.34. The Morgan fingerprint density at radius 2 is 1.47 bits per heavy atom. The van der Waals surface area contributed by atoms with Gasteiger partial charge in [-0.1, -0.05) is 65.7 Å². The van der Waals surface area contributed by atoms with Crippen molar-refractivity contribution in [2.75, 3.05) is 7.11 Å². The number of unbranched alkanes of at least 4 members (excludes halogenated alkanes) is 6. The molecule has 0 aromatic carbocycles. The normalized spacial score (nSPS) is 13.5. The summed E-state index contributed by atoms with van der Waals surface area (Å²) < 4.78 is 10.1. The maximum atomic E-state index is 12.8. The van der Waals surface area contributed by atoms with E-state index >= 15 is 0 Å². The molecule has 7 heteroatoms. The number of ether oxygens (including phenoxy) is 2. The predicted octanol–water partition coefficient (Wildman–Crippen LogP) is 4.72. The average Bonchev–Trinajstić information content (AvgIpc) is 2.63. The lowest BCUT2D eigenvalue weighted by Gasteiger charge is -2.27. The van der Waals surface area contributed by atoms with E-state index in [2.05, 4.69) is 17.6 Å². The molecule has 0 radical (unpaired) electrons. The average molecular weight is 429 g/mol. The van der Waals surface area contributed by atoms with Crippen LogP contribution < -0.4 is 10.6 Å². The predicted molar refractivity (Wildman–Crippen MR) is 119 cm³/mol. The van der Waals surface area contributed by atoms with Gasteiger partial charge in [-0.3, -0.25) is 9.59 Å². The van der Waals surface area contributed by atoms with E-state index in [0.29, 0.717) is 6.42 Å². The van der Waals surface area contributed by atoms with Crippen molar-refractivity contribution in [2.24, 2.45) is 5.92 Å². The first-order valence-corrected chi connectivity index (χ1v) is 11.4. The first-order valence-electron chi connectivity index (χ1n) is 11.4. The Labute approximate surface area is 183 Å². The fourth-order valence-electron chi connectivity index (χ4n) is 3.12. The molecular weight excluding hydrogens is 384 g/mol. The van der Waals surface area contributed by atoms with Crippen LogP contribution in [0.25, 0.3) is 0 Å². The standard InChI is InChI=1S/C23H44N2O5/c1-8-9-10-11-12-13-14-15-18(16-19(26)29-7)24-21(27)20(17(2)3)25-22(28)30-23(4,5)6/h17-18,20H,8-16H2,1-7H3,(H,24,27)(H,25,28)/t18-,20+/m1/s1. The molecule has 2 amide bonds. The van der Waals surface area contributed by atoms with Crippen LogP contribution in [0, 0.1) is 5.92 Å². The number of carbonyl (C=O) groups is 3. The number of hydrogen-bond acceptors (Lipinski definition) is 5. The lowest BCUT2D eigenvalue weighted by molar-refractivity contribution is -0.141. The van der Waals surface area contributed by atoms with Crippen LogP contribution in [0.3, 0.4) is 0 Å². The van der Waals surface area contributed by atoms with Crippen molar-refractivity contribution in [3.63, 3.8) is 0 Å². The van der Waals surface area contributed by atoms with Gasteiger partial charge in [0.05, 0.1) is 13.5 Å². The summed E-state index contributed by atoms with van der Waals surface area (Å²) in [5.41, 5.74) is -0.646. The molecular formula is C23H44N2O5. The number of esters is 1. The van der Waals surface area contributed by atoms with Gasteiger partial charge in [0.1, 0.15) is 11.6 Å². The number of rotatable bonds is 14. The molecule has 0 heterocycles. The molecule has 0 aromatic heterocycles. The van der Waals surface area contributed by atoms with Gasteiger partial charge in [-0.25, -0.2) is 4.79 Å². The number of amides is 2. The molecule has 0 rings (SSSR count). The molecule has 0 fully saturated rings. The molecule has 2 N–H and O–H groups in total. The Morgan fingerprint density at radius 3 is 1.97 bits per heavy atom. The van der Waals surface area contributed by atoms with Crippen molar-refractivity contribution in [3.8, 4) is 0 Å². The van der Waals surface area contributed by atoms with Gasteiger partial charge >= 0.3 is 12.1 Å². The summed E-state index contributed by atoms with van der Waals surface area (Å²) in [6.45, 7) is 11.2. The van der Waals surface area contributed by atoms with Crippen LogP contribution in [0.4, 0.5) is 4.79 Å². The van der Waals surface area contributed by atoms with Crippen LogP contribution in [0.1, 0.15) is 99.3 Å². The van der Waals surface area contributed by atoms with E-state index < -0.39 is 17.7 Å². The monoisotopic (exact) mass is 428 g/mol. The maximum absolute atomic E-state index is 12.8. The van der Waals surface area contributed by atoms with Crippen molar-refractivity contribution in [3.05, 3.63) is 0 Å². The molecule has 0 aliphatic carbocycles.